The quantitative estimate of drug-likeness (QED) is 0.776. The van der Waals surface area contributed by atoms with Gasteiger partial charge in [-0.15, -0.1) is 0 Å². The van der Waals surface area contributed by atoms with Crippen LogP contribution >= 0.6 is 0 Å². The molecule has 1 aromatic carbocycles. The van der Waals surface area contributed by atoms with E-state index in [0.29, 0.717) is 11.3 Å². The Balaban J connectivity index is 2.55. The lowest BCUT2D eigenvalue weighted by Gasteiger charge is -2.17. The van der Waals surface area contributed by atoms with E-state index in [1.165, 1.54) is 12.1 Å². The number of rotatable bonds is 1. The van der Waals surface area contributed by atoms with Crippen molar-refractivity contribution in [1.82, 2.24) is 0 Å². The molecular weight excluding hydrogens is 199 g/mol. The Morgan fingerprint density at radius 1 is 1.27 bits per heavy atom. The molecule has 0 amide bonds. The minimum atomic E-state index is -0.881. The van der Waals surface area contributed by atoms with Gasteiger partial charge in [0.05, 0.1) is 6.10 Å². The summed E-state index contributed by atoms with van der Waals surface area (Å²) < 4.78 is 24.1. The van der Waals surface area contributed by atoms with Gasteiger partial charge in [-0.25, -0.2) is 4.39 Å². The van der Waals surface area contributed by atoms with Crippen molar-refractivity contribution in [2.45, 2.75) is 32.7 Å². The second kappa shape index (κ2) is 3.10. The smallest absolute Gasteiger partial charge is 0.246 e. The molecule has 0 radical (unpaired) electrons. The molecule has 0 saturated carbocycles. The fourth-order valence-electron chi connectivity index (χ4n) is 1.60. The number of fused-ring (bicyclic) bond motifs is 1. The lowest BCUT2D eigenvalue weighted by atomic mass is 10.1. The Morgan fingerprint density at radius 3 is 2.47 bits per heavy atom. The van der Waals surface area contributed by atoms with Crippen LogP contribution in [-0.2, 0) is 0 Å². The van der Waals surface area contributed by atoms with Gasteiger partial charge in [0.25, 0.3) is 0 Å². The van der Waals surface area contributed by atoms with Crippen LogP contribution in [0.4, 0.5) is 4.39 Å². The fourth-order valence-corrected chi connectivity index (χ4v) is 1.60. The predicted molar refractivity (Wildman–Crippen MR) is 52.4 cm³/mol. The summed E-state index contributed by atoms with van der Waals surface area (Å²) in [5.41, 5.74) is 0.539. The average Bonchev–Trinajstić information content (AvgIpc) is 2.41. The van der Waals surface area contributed by atoms with Gasteiger partial charge in [0.2, 0.25) is 11.5 Å². The van der Waals surface area contributed by atoms with Crippen molar-refractivity contribution in [3.63, 3.8) is 0 Å². The molecule has 1 aliphatic heterocycles. The zero-order valence-electron chi connectivity index (χ0n) is 8.87. The van der Waals surface area contributed by atoms with Crippen LogP contribution in [0, 0.1) is 5.82 Å². The Morgan fingerprint density at radius 2 is 1.87 bits per heavy atom. The minimum Gasteiger partial charge on any atom is -0.449 e. The highest BCUT2D eigenvalue weighted by Crippen LogP contribution is 2.45. The van der Waals surface area contributed by atoms with Gasteiger partial charge in [0.15, 0.2) is 11.6 Å². The highest BCUT2D eigenvalue weighted by molar-refractivity contribution is 5.51. The van der Waals surface area contributed by atoms with Gasteiger partial charge in [0.1, 0.15) is 0 Å². The first-order chi connectivity index (χ1) is 6.91. The molecular formula is C11H13FO3. The standard InChI is InChI=1S/C11H13FO3/c1-6(13)7-4-5-8(12)10-9(7)14-11(2,3)15-10/h4-6,13H,1-3H3. The Hall–Kier alpha value is -1.29. The molecule has 0 bridgehead atoms. The molecule has 1 N–H and O–H groups in total. The molecule has 1 heterocycles. The average molecular weight is 212 g/mol. The second-order valence-corrected chi connectivity index (χ2v) is 4.07. The molecule has 0 aromatic heterocycles. The largest absolute Gasteiger partial charge is 0.449 e. The number of halogens is 1. The number of aliphatic hydroxyl groups excluding tert-OH is 1. The van der Waals surface area contributed by atoms with Crippen LogP contribution in [0.25, 0.3) is 0 Å². The molecule has 0 saturated heterocycles. The number of ether oxygens (including phenoxy) is 2. The first-order valence-electron chi connectivity index (χ1n) is 4.79. The molecule has 1 unspecified atom stereocenters. The van der Waals surface area contributed by atoms with Crippen molar-refractivity contribution in [1.29, 1.82) is 0 Å². The van der Waals surface area contributed by atoms with Gasteiger partial charge in [0, 0.05) is 19.4 Å². The van der Waals surface area contributed by atoms with Crippen molar-refractivity contribution in [3.05, 3.63) is 23.5 Å². The van der Waals surface area contributed by atoms with E-state index in [0.717, 1.165) is 0 Å². The predicted octanol–water partition coefficient (Wildman–Crippen LogP) is 2.39. The third kappa shape index (κ3) is 1.65. The summed E-state index contributed by atoms with van der Waals surface area (Å²) >= 11 is 0. The summed E-state index contributed by atoms with van der Waals surface area (Å²) in [5, 5.41) is 9.49. The first-order valence-corrected chi connectivity index (χ1v) is 4.79. The minimum absolute atomic E-state index is 0.0819. The van der Waals surface area contributed by atoms with E-state index < -0.39 is 17.7 Å². The highest BCUT2D eigenvalue weighted by atomic mass is 19.1. The summed E-state index contributed by atoms with van der Waals surface area (Å²) in [6, 6.07) is 2.77. The molecule has 15 heavy (non-hydrogen) atoms. The van der Waals surface area contributed by atoms with E-state index >= 15 is 0 Å². The van der Waals surface area contributed by atoms with E-state index in [1.54, 1.807) is 20.8 Å². The lowest BCUT2D eigenvalue weighted by molar-refractivity contribution is -0.0453. The van der Waals surface area contributed by atoms with Gasteiger partial charge in [-0.1, -0.05) is 0 Å². The van der Waals surface area contributed by atoms with Crippen LogP contribution in [-0.4, -0.2) is 10.9 Å². The number of aliphatic hydroxyl groups is 1. The summed E-state index contributed by atoms with van der Waals surface area (Å²) in [5.74, 6) is -0.970. The highest BCUT2D eigenvalue weighted by Gasteiger charge is 2.36. The molecule has 2 rings (SSSR count). The molecule has 4 heteroatoms. The molecule has 1 aromatic rings. The van der Waals surface area contributed by atoms with Crippen LogP contribution < -0.4 is 9.47 Å². The van der Waals surface area contributed by atoms with Crippen molar-refractivity contribution < 1.29 is 19.0 Å². The summed E-state index contributed by atoms with van der Waals surface area (Å²) in [4.78, 5) is 0. The van der Waals surface area contributed by atoms with Crippen molar-refractivity contribution in [2.24, 2.45) is 0 Å². The summed E-state index contributed by atoms with van der Waals surface area (Å²) in [6.45, 7) is 4.98. The van der Waals surface area contributed by atoms with Crippen molar-refractivity contribution in [3.8, 4) is 11.5 Å². The molecule has 0 aliphatic carbocycles. The SMILES string of the molecule is CC(O)c1ccc(F)c2c1OC(C)(C)O2. The monoisotopic (exact) mass is 212 g/mol. The van der Waals surface area contributed by atoms with Crippen molar-refractivity contribution >= 4 is 0 Å². The topological polar surface area (TPSA) is 38.7 Å². The third-order valence-electron chi connectivity index (χ3n) is 2.24. The van der Waals surface area contributed by atoms with E-state index in [9.17, 15) is 9.50 Å². The fraction of sp³-hybridized carbons (Fsp3) is 0.455. The number of benzene rings is 1. The third-order valence-corrected chi connectivity index (χ3v) is 2.24. The second-order valence-electron chi connectivity index (χ2n) is 4.07. The summed E-state index contributed by atoms with van der Waals surface area (Å²) in [6.07, 6.45) is -0.711. The molecule has 0 spiro atoms. The van der Waals surface area contributed by atoms with Gasteiger partial charge in [-0.2, -0.15) is 0 Å². The van der Waals surface area contributed by atoms with Crippen LogP contribution in [0.3, 0.4) is 0 Å². The Bertz CT molecular complexity index is 399. The van der Waals surface area contributed by atoms with E-state index in [4.69, 9.17) is 9.47 Å². The van der Waals surface area contributed by atoms with Crippen molar-refractivity contribution in [2.75, 3.05) is 0 Å². The molecule has 3 nitrogen and oxygen atoms in total. The molecule has 1 atom stereocenters. The van der Waals surface area contributed by atoms with Crippen LogP contribution in [0.5, 0.6) is 11.5 Å². The summed E-state index contributed by atoms with van der Waals surface area (Å²) in [7, 11) is 0. The number of hydrogen-bond acceptors (Lipinski definition) is 3. The van der Waals surface area contributed by atoms with E-state index in [1.807, 2.05) is 0 Å². The molecule has 0 fully saturated rings. The normalized spacial score (nSPS) is 19.0. The molecule has 1 aliphatic rings. The van der Waals surface area contributed by atoms with Gasteiger partial charge >= 0.3 is 0 Å². The Kier molecular flexibility index (Phi) is 2.12. The maximum Gasteiger partial charge on any atom is 0.246 e. The van der Waals surface area contributed by atoms with E-state index in [-0.39, 0.29) is 5.75 Å². The Labute approximate surface area is 87.4 Å². The maximum atomic E-state index is 13.4. The maximum absolute atomic E-state index is 13.4. The zero-order valence-corrected chi connectivity index (χ0v) is 8.87. The van der Waals surface area contributed by atoms with Crippen LogP contribution in [0.2, 0.25) is 0 Å². The van der Waals surface area contributed by atoms with Gasteiger partial charge in [-0.3, -0.25) is 0 Å². The lowest BCUT2D eigenvalue weighted by Crippen LogP contribution is -2.30. The van der Waals surface area contributed by atoms with E-state index in [2.05, 4.69) is 0 Å². The number of hydrogen-bond donors (Lipinski definition) is 1. The van der Waals surface area contributed by atoms with Gasteiger partial charge < -0.3 is 14.6 Å². The molecule has 82 valence electrons. The van der Waals surface area contributed by atoms with Gasteiger partial charge in [-0.05, 0) is 19.1 Å². The first kappa shape index (κ1) is 10.2. The van der Waals surface area contributed by atoms with Crippen LogP contribution in [0.15, 0.2) is 12.1 Å². The zero-order chi connectivity index (χ0) is 11.2. The van der Waals surface area contributed by atoms with Crippen LogP contribution in [0.1, 0.15) is 32.4 Å².